The molecule has 0 aliphatic heterocycles. The molecule has 9 atom stereocenters. The number of nitrogens with two attached hydrogens (primary N) is 3. The minimum absolute atomic E-state index is 0.0291. The Morgan fingerprint density at radius 3 is 1.68 bits per heavy atom. The van der Waals surface area contributed by atoms with Crippen LogP contribution in [0.15, 0.2) is 35.3 Å². The molecule has 0 aromatic heterocycles. The minimum atomic E-state index is -1.60. The molecule has 0 saturated carbocycles. The molecule has 364 valence electrons. The second kappa shape index (κ2) is 29.1. The van der Waals surface area contributed by atoms with E-state index in [1.54, 1.807) is 58.0 Å². The molecule has 1 aromatic rings. The maximum atomic E-state index is 14.0. The third kappa shape index (κ3) is 21.2. The molecule has 24 nitrogen and oxygen atoms in total. The number of aliphatic carboxylic acids is 2. The Kier molecular flexibility index (Phi) is 25.4. The SMILES string of the molecule is CCC(C)C(NC(=O)C(CO)NC(=O)C(N)CO)C(=O)NC(CCC(=O)O)C(=O)NC(Cc1ccccc1)C(=O)NC(C)C(=O)NC(CCCN=C(N)N)C(=O)NC(CC(C)C)C(=O)O. The average molecular weight is 922 g/mol. The minimum Gasteiger partial charge on any atom is -0.481 e. The second-order valence-corrected chi connectivity index (χ2v) is 15.9. The Morgan fingerprint density at radius 2 is 1.15 bits per heavy atom. The molecule has 0 bridgehead atoms. The second-order valence-electron chi connectivity index (χ2n) is 15.9. The molecular weight excluding hydrogens is 855 g/mol. The van der Waals surface area contributed by atoms with Gasteiger partial charge in [0.15, 0.2) is 5.96 Å². The van der Waals surface area contributed by atoms with E-state index in [-0.39, 0.29) is 44.1 Å². The van der Waals surface area contributed by atoms with Crippen LogP contribution in [0, 0.1) is 11.8 Å². The molecule has 7 amide bonds. The summed E-state index contributed by atoms with van der Waals surface area (Å²) in [5, 5.41) is 55.2. The highest BCUT2D eigenvalue weighted by Crippen LogP contribution is 2.12. The molecule has 0 saturated heterocycles. The predicted molar refractivity (Wildman–Crippen MR) is 235 cm³/mol. The number of guanidine groups is 1. The molecule has 0 radical (unpaired) electrons. The molecular formula is C41H67N11O13. The van der Waals surface area contributed by atoms with E-state index in [0.717, 1.165) is 0 Å². The quantitative estimate of drug-likeness (QED) is 0.0199. The zero-order valence-electron chi connectivity index (χ0n) is 37.4. The van der Waals surface area contributed by atoms with Gasteiger partial charge in [-0.3, -0.25) is 43.3 Å². The summed E-state index contributed by atoms with van der Waals surface area (Å²) >= 11 is 0. The standard InChI is InChI=1S/C41H67N11O13/c1-6-22(4)32(52-38(62)30(20-54)51-34(58)25(42)19-53)39(63)48-27(14-15-31(55)56)36(60)49-28(18-24-11-8-7-9-12-24)37(61)46-23(5)33(57)47-26(13-10-16-45-41(43)44)35(59)50-29(40(64)65)17-21(2)3/h7-9,11-12,21-23,25-30,32,53-54H,6,10,13-20,42H2,1-5H3,(H,46,61)(H,47,57)(H,48,63)(H,49,60)(H,50,59)(H,51,58)(H,52,62)(H,55,56)(H,64,65)(H4,43,44,45). The largest absolute Gasteiger partial charge is 0.481 e. The molecule has 0 aliphatic rings. The van der Waals surface area contributed by atoms with Gasteiger partial charge in [-0.25, -0.2) is 4.79 Å². The number of hydrogen-bond acceptors (Lipinski definition) is 13. The number of aliphatic hydroxyl groups is 2. The van der Waals surface area contributed by atoms with E-state index in [1.807, 2.05) is 0 Å². The smallest absolute Gasteiger partial charge is 0.326 e. The van der Waals surface area contributed by atoms with Crippen molar-refractivity contribution in [3.8, 4) is 0 Å². The summed E-state index contributed by atoms with van der Waals surface area (Å²) in [5.41, 5.74) is 16.8. The summed E-state index contributed by atoms with van der Waals surface area (Å²) in [4.78, 5) is 121. The molecule has 1 aromatic carbocycles. The van der Waals surface area contributed by atoms with Crippen LogP contribution in [0.1, 0.15) is 78.7 Å². The molecule has 1 rings (SSSR count). The third-order valence-electron chi connectivity index (χ3n) is 9.99. The number of nitrogens with zero attached hydrogens (tertiary/aromatic N) is 1. The molecule has 9 unspecified atom stereocenters. The van der Waals surface area contributed by atoms with Crippen molar-refractivity contribution in [3.05, 3.63) is 35.9 Å². The number of aliphatic hydroxyl groups excluding tert-OH is 2. The van der Waals surface area contributed by atoms with E-state index in [0.29, 0.717) is 12.0 Å². The van der Waals surface area contributed by atoms with Gasteiger partial charge in [0.1, 0.15) is 48.3 Å². The van der Waals surface area contributed by atoms with Crippen LogP contribution < -0.4 is 54.4 Å². The Hall–Kier alpha value is -6.40. The zero-order valence-corrected chi connectivity index (χ0v) is 37.4. The lowest BCUT2D eigenvalue weighted by Crippen LogP contribution is -2.61. The predicted octanol–water partition coefficient (Wildman–Crippen LogP) is -3.95. The molecule has 65 heavy (non-hydrogen) atoms. The van der Waals surface area contributed by atoms with E-state index in [4.69, 9.17) is 17.2 Å². The van der Waals surface area contributed by atoms with Gasteiger partial charge >= 0.3 is 11.9 Å². The van der Waals surface area contributed by atoms with Crippen LogP contribution in [0.2, 0.25) is 0 Å². The van der Waals surface area contributed by atoms with Gasteiger partial charge < -0.3 is 74.8 Å². The highest BCUT2D eigenvalue weighted by Gasteiger charge is 2.35. The van der Waals surface area contributed by atoms with E-state index in [1.165, 1.54) is 6.92 Å². The maximum Gasteiger partial charge on any atom is 0.326 e. The third-order valence-corrected chi connectivity index (χ3v) is 9.99. The highest BCUT2D eigenvalue weighted by molar-refractivity contribution is 5.97. The van der Waals surface area contributed by atoms with Gasteiger partial charge in [0.25, 0.3) is 0 Å². The topological polar surface area (TPSA) is 409 Å². The molecule has 17 N–H and O–H groups in total. The summed E-state index contributed by atoms with van der Waals surface area (Å²) < 4.78 is 0. The number of hydrogen-bond donors (Lipinski definition) is 14. The maximum absolute atomic E-state index is 14.0. The van der Waals surface area contributed by atoms with Crippen LogP contribution in [0.3, 0.4) is 0 Å². The number of aliphatic imine (C=N–C) groups is 1. The van der Waals surface area contributed by atoms with Crippen molar-refractivity contribution in [1.29, 1.82) is 0 Å². The van der Waals surface area contributed by atoms with Crippen molar-refractivity contribution in [1.82, 2.24) is 37.2 Å². The van der Waals surface area contributed by atoms with Crippen molar-refractivity contribution >= 4 is 59.2 Å². The van der Waals surface area contributed by atoms with Gasteiger partial charge in [0.05, 0.1) is 13.2 Å². The summed E-state index contributed by atoms with van der Waals surface area (Å²) in [6.45, 7) is 6.53. The fraction of sp³-hybridized carbons (Fsp3) is 0.610. The highest BCUT2D eigenvalue weighted by atomic mass is 16.4. The number of carboxylic acid groups (broad SMARTS) is 2. The zero-order chi connectivity index (χ0) is 49.4. The number of benzene rings is 1. The van der Waals surface area contributed by atoms with Gasteiger partial charge in [-0.1, -0.05) is 64.4 Å². The van der Waals surface area contributed by atoms with Crippen LogP contribution in [-0.4, -0.2) is 148 Å². The monoisotopic (exact) mass is 921 g/mol. The van der Waals surface area contributed by atoms with E-state index >= 15 is 0 Å². The molecule has 24 heteroatoms. The number of nitrogens with one attached hydrogen (secondary N) is 7. The van der Waals surface area contributed by atoms with Crippen molar-refractivity contribution in [2.24, 2.45) is 34.0 Å². The lowest BCUT2D eigenvalue weighted by molar-refractivity contribution is -0.143. The van der Waals surface area contributed by atoms with Crippen LogP contribution >= 0.6 is 0 Å². The lowest BCUT2D eigenvalue weighted by Gasteiger charge is -2.29. The van der Waals surface area contributed by atoms with Crippen LogP contribution in [0.25, 0.3) is 0 Å². The Labute approximate surface area is 377 Å². The average Bonchev–Trinajstić information content (AvgIpc) is 3.25. The van der Waals surface area contributed by atoms with E-state index in [9.17, 15) is 63.6 Å². The summed E-state index contributed by atoms with van der Waals surface area (Å²) in [7, 11) is 0. The number of carboxylic acids is 2. The van der Waals surface area contributed by atoms with Gasteiger partial charge in [-0.05, 0) is 50.0 Å². The van der Waals surface area contributed by atoms with E-state index < -0.39 is 134 Å². The summed E-state index contributed by atoms with van der Waals surface area (Å²) in [6, 6.07) is -3.00. The van der Waals surface area contributed by atoms with Crippen molar-refractivity contribution < 1.29 is 63.6 Å². The fourth-order valence-electron chi connectivity index (χ4n) is 6.05. The Morgan fingerprint density at radius 1 is 0.631 bits per heavy atom. The van der Waals surface area contributed by atoms with Crippen LogP contribution in [0.4, 0.5) is 0 Å². The number of rotatable bonds is 30. The summed E-state index contributed by atoms with van der Waals surface area (Å²) in [5.74, 6) is -10.0. The van der Waals surface area contributed by atoms with Crippen LogP contribution in [-0.2, 0) is 49.6 Å². The molecule has 0 fully saturated rings. The fourth-order valence-corrected chi connectivity index (χ4v) is 6.05. The first-order valence-corrected chi connectivity index (χ1v) is 21.2. The van der Waals surface area contributed by atoms with Crippen molar-refractivity contribution in [2.45, 2.75) is 128 Å². The van der Waals surface area contributed by atoms with Gasteiger partial charge in [0.2, 0.25) is 41.4 Å². The van der Waals surface area contributed by atoms with Crippen molar-refractivity contribution in [2.75, 3.05) is 19.8 Å². The Balaban J connectivity index is 3.42. The number of amides is 7. The number of carbonyl (C=O) groups is 9. The normalized spacial score (nSPS) is 15.2. The molecule has 0 heterocycles. The first-order chi connectivity index (χ1) is 30.5. The van der Waals surface area contributed by atoms with Crippen molar-refractivity contribution in [3.63, 3.8) is 0 Å². The van der Waals surface area contributed by atoms with E-state index in [2.05, 4.69) is 42.2 Å². The van der Waals surface area contributed by atoms with Gasteiger partial charge in [-0.15, -0.1) is 0 Å². The number of carbonyl (C=O) groups excluding carboxylic acids is 7. The summed E-state index contributed by atoms with van der Waals surface area (Å²) in [6.07, 6.45) is -0.705. The van der Waals surface area contributed by atoms with Gasteiger partial charge in [-0.2, -0.15) is 0 Å². The first-order valence-electron chi connectivity index (χ1n) is 21.2. The van der Waals surface area contributed by atoms with Crippen LogP contribution in [0.5, 0.6) is 0 Å². The first kappa shape index (κ1) is 56.6. The lowest BCUT2D eigenvalue weighted by atomic mass is 9.97. The van der Waals surface area contributed by atoms with Gasteiger partial charge in [0, 0.05) is 19.4 Å². The Bertz CT molecular complexity index is 1800. The molecule has 0 spiro atoms. The molecule has 0 aliphatic carbocycles.